The van der Waals surface area contributed by atoms with Crippen LogP contribution >= 0.6 is 11.6 Å². The minimum atomic E-state index is -3.59. The first-order valence-corrected chi connectivity index (χ1v) is 11.7. The smallest absolute Gasteiger partial charge is 0.243 e. The van der Waals surface area contributed by atoms with Crippen molar-refractivity contribution < 1.29 is 8.42 Å². The molecule has 2 aliphatic heterocycles. The van der Waals surface area contributed by atoms with Gasteiger partial charge in [-0.05, 0) is 49.1 Å². The molecular formula is C22H22ClN3O2S. The van der Waals surface area contributed by atoms with Crippen LogP contribution in [0.15, 0.2) is 65.7 Å². The summed E-state index contributed by atoms with van der Waals surface area (Å²) in [5, 5.41) is 5.17. The second-order valence-corrected chi connectivity index (χ2v) is 10.1. The van der Waals surface area contributed by atoms with Crippen LogP contribution in [-0.2, 0) is 23.0 Å². The minimum Gasteiger partial charge on any atom is -0.265 e. The van der Waals surface area contributed by atoms with Crippen LogP contribution in [0.25, 0.3) is 0 Å². The molecule has 150 valence electrons. The molecule has 1 aromatic heterocycles. The van der Waals surface area contributed by atoms with Gasteiger partial charge in [0.05, 0.1) is 23.7 Å². The average Bonchev–Trinajstić information content (AvgIpc) is 3.11. The lowest BCUT2D eigenvalue weighted by molar-refractivity contribution is 0.160. The number of fused-ring (bicyclic) bond motifs is 4. The van der Waals surface area contributed by atoms with Crippen molar-refractivity contribution in [1.82, 2.24) is 14.1 Å². The van der Waals surface area contributed by atoms with Gasteiger partial charge in [0.2, 0.25) is 10.0 Å². The fraction of sp³-hybridized carbons (Fsp3) is 0.318. The Kier molecular flexibility index (Phi) is 4.73. The molecule has 5 nitrogen and oxygen atoms in total. The van der Waals surface area contributed by atoms with Crippen LogP contribution in [0.4, 0.5) is 0 Å². The van der Waals surface area contributed by atoms with E-state index in [9.17, 15) is 8.42 Å². The molecule has 2 unspecified atom stereocenters. The molecule has 7 heteroatoms. The molecule has 5 rings (SSSR count). The zero-order valence-electron chi connectivity index (χ0n) is 15.9. The van der Waals surface area contributed by atoms with Gasteiger partial charge in [0, 0.05) is 28.7 Å². The number of aromatic nitrogens is 2. The molecule has 0 N–H and O–H groups in total. The lowest BCUT2D eigenvalue weighted by atomic mass is 9.85. The Hall–Kier alpha value is -2.15. The third-order valence-electron chi connectivity index (χ3n) is 6.02. The normalized spacial score (nSPS) is 21.7. The molecule has 3 aromatic rings. The summed E-state index contributed by atoms with van der Waals surface area (Å²) in [6.45, 7) is 0.708. The molecule has 29 heavy (non-hydrogen) atoms. The van der Waals surface area contributed by atoms with Crippen LogP contribution in [0.1, 0.15) is 42.1 Å². The van der Waals surface area contributed by atoms with E-state index in [0.29, 0.717) is 22.9 Å². The Labute approximate surface area is 176 Å². The number of hydrogen-bond acceptors (Lipinski definition) is 3. The van der Waals surface area contributed by atoms with Gasteiger partial charge in [-0.25, -0.2) is 8.42 Å². The van der Waals surface area contributed by atoms with Crippen molar-refractivity contribution in [3.63, 3.8) is 0 Å². The molecule has 2 atom stereocenters. The first-order chi connectivity index (χ1) is 14.0. The van der Waals surface area contributed by atoms with Crippen molar-refractivity contribution in [2.45, 2.75) is 49.2 Å². The monoisotopic (exact) mass is 427 g/mol. The quantitative estimate of drug-likeness (QED) is 0.619. The molecule has 0 aliphatic carbocycles. The van der Waals surface area contributed by atoms with Gasteiger partial charge in [-0.15, -0.1) is 0 Å². The highest BCUT2D eigenvalue weighted by molar-refractivity contribution is 7.89. The molecule has 1 saturated heterocycles. The first-order valence-electron chi connectivity index (χ1n) is 9.91. The van der Waals surface area contributed by atoms with Gasteiger partial charge in [-0.3, -0.25) is 4.68 Å². The highest BCUT2D eigenvalue weighted by Gasteiger charge is 2.45. The maximum atomic E-state index is 13.5. The molecule has 0 spiro atoms. The number of sulfonamides is 1. The summed E-state index contributed by atoms with van der Waals surface area (Å²) in [5.41, 5.74) is 3.42. The van der Waals surface area contributed by atoms with E-state index in [2.05, 4.69) is 17.2 Å². The van der Waals surface area contributed by atoms with Crippen molar-refractivity contribution in [3.8, 4) is 0 Å². The van der Waals surface area contributed by atoms with Crippen molar-refractivity contribution in [2.24, 2.45) is 0 Å². The topological polar surface area (TPSA) is 55.2 Å². The second-order valence-electron chi connectivity index (χ2n) is 7.78. The molecule has 0 amide bonds. The van der Waals surface area contributed by atoms with Crippen LogP contribution in [0, 0.1) is 0 Å². The Morgan fingerprint density at radius 1 is 1.03 bits per heavy atom. The van der Waals surface area contributed by atoms with E-state index in [1.165, 1.54) is 11.3 Å². The Balaban J connectivity index is 1.52. The molecule has 1 fully saturated rings. The summed E-state index contributed by atoms with van der Waals surface area (Å²) in [4.78, 5) is 0.305. The van der Waals surface area contributed by atoms with Crippen molar-refractivity contribution in [1.29, 1.82) is 0 Å². The number of halogens is 1. The van der Waals surface area contributed by atoms with Crippen LogP contribution in [0.3, 0.4) is 0 Å². The lowest BCUT2D eigenvalue weighted by Crippen LogP contribution is -2.49. The number of nitrogens with zero attached hydrogens (tertiary/aromatic N) is 3. The number of hydrogen-bond donors (Lipinski definition) is 0. The fourth-order valence-electron chi connectivity index (χ4n) is 4.67. The number of benzene rings is 2. The third kappa shape index (κ3) is 3.29. The first kappa shape index (κ1) is 18.9. The summed E-state index contributed by atoms with van der Waals surface area (Å²) in [6, 6.07) is 16.5. The third-order valence-corrected chi connectivity index (χ3v) is 8.24. The van der Waals surface area contributed by atoms with E-state index < -0.39 is 10.0 Å². The fourth-order valence-corrected chi connectivity index (χ4v) is 6.65. The van der Waals surface area contributed by atoms with Gasteiger partial charge >= 0.3 is 0 Å². The largest absolute Gasteiger partial charge is 0.265 e. The average molecular weight is 428 g/mol. The van der Waals surface area contributed by atoms with E-state index in [0.717, 1.165) is 24.8 Å². The highest BCUT2D eigenvalue weighted by Crippen LogP contribution is 2.45. The molecule has 3 heterocycles. The van der Waals surface area contributed by atoms with E-state index >= 15 is 0 Å². The van der Waals surface area contributed by atoms with Crippen molar-refractivity contribution in [2.75, 3.05) is 0 Å². The van der Waals surface area contributed by atoms with E-state index in [4.69, 9.17) is 11.6 Å². The minimum absolute atomic E-state index is 0.0341. The lowest BCUT2D eigenvalue weighted by Gasteiger charge is -2.44. The summed E-state index contributed by atoms with van der Waals surface area (Å²) in [7, 11) is -3.59. The van der Waals surface area contributed by atoms with Gasteiger partial charge in [0.15, 0.2) is 0 Å². The predicted octanol–water partition coefficient (Wildman–Crippen LogP) is 4.43. The summed E-state index contributed by atoms with van der Waals surface area (Å²) >= 11 is 5.96. The summed E-state index contributed by atoms with van der Waals surface area (Å²) < 4.78 is 30.7. The van der Waals surface area contributed by atoms with Crippen molar-refractivity contribution >= 4 is 21.6 Å². The standard InChI is InChI=1S/C22H22ClN3O2S/c23-17-9-11-19(12-10-17)29(27,28)26-18-7-4-8-21(26)20-14-24-25(22(20)13-18)15-16-5-2-1-3-6-16/h1-3,5-6,9-12,14,18,21H,4,7-8,13,15H2. The SMILES string of the molecule is O=S(=O)(c1ccc(Cl)cc1)N1C2CCCC1c1cnn(Cc3ccccc3)c1C2. The van der Waals surface area contributed by atoms with E-state index in [1.807, 2.05) is 29.1 Å². The van der Waals surface area contributed by atoms with Crippen LogP contribution in [0.5, 0.6) is 0 Å². The van der Waals surface area contributed by atoms with E-state index in [1.54, 1.807) is 28.6 Å². The van der Waals surface area contributed by atoms with Gasteiger partial charge in [0.1, 0.15) is 0 Å². The van der Waals surface area contributed by atoms with Gasteiger partial charge < -0.3 is 0 Å². The second kappa shape index (κ2) is 7.27. The molecule has 2 aliphatic rings. The molecule has 0 saturated carbocycles. The Morgan fingerprint density at radius 3 is 2.55 bits per heavy atom. The van der Waals surface area contributed by atoms with Crippen LogP contribution in [0.2, 0.25) is 5.02 Å². The predicted molar refractivity (Wildman–Crippen MR) is 112 cm³/mol. The van der Waals surface area contributed by atoms with Crippen LogP contribution in [-0.4, -0.2) is 28.5 Å². The molecular weight excluding hydrogens is 406 g/mol. The van der Waals surface area contributed by atoms with Crippen LogP contribution < -0.4 is 0 Å². The molecule has 2 bridgehead atoms. The van der Waals surface area contributed by atoms with Gasteiger partial charge in [-0.1, -0.05) is 41.9 Å². The maximum Gasteiger partial charge on any atom is 0.243 e. The molecule has 2 aromatic carbocycles. The zero-order chi connectivity index (χ0) is 20.0. The van der Waals surface area contributed by atoms with Crippen molar-refractivity contribution in [3.05, 3.63) is 82.6 Å². The van der Waals surface area contributed by atoms with E-state index in [-0.39, 0.29) is 12.1 Å². The Bertz CT molecular complexity index is 1130. The summed E-state index contributed by atoms with van der Waals surface area (Å²) in [5.74, 6) is 0. The zero-order valence-corrected chi connectivity index (χ0v) is 17.5. The van der Waals surface area contributed by atoms with Gasteiger partial charge in [0.25, 0.3) is 0 Å². The molecule has 0 radical (unpaired) electrons. The highest BCUT2D eigenvalue weighted by atomic mass is 35.5. The Morgan fingerprint density at radius 2 is 1.79 bits per heavy atom. The summed E-state index contributed by atoms with van der Waals surface area (Å²) in [6.07, 6.45) is 5.30. The number of piperidine rings is 1. The number of rotatable bonds is 4. The van der Waals surface area contributed by atoms with Gasteiger partial charge in [-0.2, -0.15) is 9.40 Å². The maximum absolute atomic E-state index is 13.5.